The Morgan fingerprint density at radius 3 is 2.62 bits per heavy atom. The summed E-state index contributed by atoms with van der Waals surface area (Å²) >= 11 is 0. The number of aromatic amines is 1. The molecular formula is C19H16N4O3. The molecule has 1 N–H and O–H groups in total. The fraction of sp³-hybridized carbons (Fsp3) is 0.105. The van der Waals surface area contributed by atoms with Crippen molar-refractivity contribution in [2.24, 2.45) is 0 Å². The molecule has 0 saturated carbocycles. The van der Waals surface area contributed by atoms with Crippen molar-refractivity contribution in [3.63, 3.8) is 0 Å². The van der Waals surface area contributed by atoms with E-state index >= 15 is 0 Å². The summed E-state index contributed by atoms with van der Waals surface area (Å²) in [6.07, 6.45) is 0. The number of nitrogens with zero attached hydrogens (tertiary/aromatic N) is 3. The molecule has 4 rings (SSSR count). The lowest BCUT2D eigenvalue weighted by Crippen LogP contribution is -2.12. The SMILES string of the molecule is COc1ccc(C(=O)Oc2cc(C)nn2-c2nc3ccccc3[nH]2)cc1. The van der Waals surface area contributed by atoms with Crippen molar-refractivity contribution < 1.29 is 14.3 Å². The number of esters is 1. The van der Waals surface area contributed by atoms with Crippen LogP contribution in [0.15, 0.2) is 54.6 Å². The van der Waals surface area contributed by atoms with Gasteiger partial charge in [0.25, 0.3) is 0 Å². The molecular weight excluding hydrogens is 332 g/mol. The number of aromatic nitrogens is 4. The number of para-hydroxylation sites is 2. The average molecular weight is 348 g/mol. The Morgan fingerprint density at radius 2 is 1.88 bits per heavy atom. The van der Waals surface area contributed by atoms with Gasteiger partial charge < -0.3 is 14.5 Å². The zero-order valence-corrected chi connectivity index (χ0v) is 14.3. The van der Waals surface area contributed by atoms with Gasteiger partial charge >= 0.3 is 5.97 Å². The molecule has 26 heavy (non-hydrogen) atoms. The smallest absolute Gasteiger partial charge is 0.344 e. The normalized spacial score (nSPS) is 10.8. The predicted octanol–water partition coefficient (Wildman–Crippen LogP) is 3.28. The topological polar surface area (TPSA) is 82.0 Å². The van der Waals surface area contributed by atoms with E-state index < -0.39 is 5.97 Å². The number of aryl methyl sites for hydroxylation is 1. The van der Waals surface area contributed by atoms with Crippen molar-refractivity contribution in [1.29, 1.82) is 0 Å². The summed E-state index contributed by atoms with van der Waals surface area (Å²) in [4.78, 5) is 20.1. The van der Waals surface area contributed by atoms with Crippen LogP contribution in [0, 0.1) is 6.92 Å². The highest BCUT2D eigenvalue weighted by Crippen LogP contribution is 2.21. The molecule has 7 nitrogen and oxygen atoms in total. The lowest BCUT2D eigenvalue weighted by atomic mass is 10.2. The van der Waals surface area contributed by atoms with Gasteiger partial charge in [-0.3, -0.25) is 0 Å². The number of imidazole rings is 1. The van der Waals surface area contributed by atoms with Crippen LogP contribution in [0.25, 0.3) is 17.0 Å². The maximum absolute atomic E-state index is 12.4. The first-order valence-electron chi connectivity index (χ1n) is 8.02. The Balaban J connectivity index is 1.65. The van der Waals surface area contributed by atoms with Gasteiger partial charge in [0.2, 0.25) is 11.8 Å². The largest absolute Gasteiger partial charge is 0.497 e. The number of rotatable bonds is 4. The highest BCUT2D eigenvalue weighted by Gasteiger charge is 2.17. The van der Waals surface area contributed by atoms with Gasteiger partial charge in [-0.05, 0) is 43.3 Å². The third-order valence-corrected chi connectivity index (χ3v) is 3.90. The van der Waals surface area contributed by atoms with E-state index in [9.17, 15) is 4.79 Å². The molecule has 0 aliphatic rings. The van der Waals surface area contributed by atoms with Gasteiger partial charge in [0.05, 0.1) is 29.4 Å². The van der Waals surface area contributed by atoms with Crippen molar-refractivity contribution in [2.45, 2.75) is 6.92 Å². The van der Waals surface area contributed by atoms with Crippen LogP contribution in [0.1, 0.15) is 16.1 Å². The van der Waals surface area contributed by atoms with Gasteiger partial charge in [-0.25, -0.2) is 9.78 Å². The quantitative estimate of drug-likeness (QED) is 0.572. The number of methoxy groups -OCH3 is 1. The van der Waals surface area contributed by atoms with Gasteiger partial charge in [-0.15, -0.1) is 0 Å². The van der Waals surface area contributed by atoms with Crippen LogP contribution in [0.5, 0.6) is 11.6 Å². The summed E-state index contributed by atoms with van der Waals surface area (Å²) in [6, 6.07) is 16.0. The number of H-pyrrole nitrogens is 1. The second kappa shape index (κ2) is 6.36. The van der Waals surface area contributed by atoms with E-state index in [4.69, 9.17) is 9.47 Å². The summed E-state index contributed by atoms with van der Waals surface area (Å²) in [6.45, 7) is 1.82. The van der Waals surface area contributed by atoms with Gasteiger partial charge in [0, 0.05) is 6.07 Å². The summed E-state index contributed by atoms with van der Waals surface area (Å²) in [5.41, 5.74) is 2.81. The summed E-state index contributed by atoms with van der Waals surface area (Å²) < 4.78 is 12.1. The molecule has 2 heterocycles. The number of ether oxygens (including phenoxy) is 2. The van der Waals surface area contributed by atoms with E-state index in [1.807, 2.05) is 31.2 Å². The average Bonchev–Trinajstić information content (AvgIpc) is 3.24. The molecule has 0 bridgehead atoms. The lowest BCUT2D eigenvalue weighted by Gasteiger charge is -2.06. The molecule has 0 amide bonds. The van der Waals surface area contributed by atoms with E-state index in [1.54, 1.807) is 37.4 Å². The number of carbonyl (C=O) groups excluding carboxylic acids is 1. The standard InChI is InChI=1S/C19H16N4O3/c1-12-11-17(26-18(24)13-7-9-14(25-2)10-8-13)23(22-12)19-20-15-5-3-4-6-16(15)21-19/h3-11H,1-2H3,(H,20,21). The third kappa shape index (κ3) is 2.90. The van der Waals surface area contributed by atoms with E-state index in [0.29, 0.717) is 28.8 Å². The van der Waals surface area contributed by atoms with Crippen LogP contribution in [-0.2, 0) is 0 Å². The van der Waals surface area contributed by atoms with Gasteiger partial charge in [-0.1, -0.05) is 12.1 Å². The first-order valence-corrected chi connectivity index (χ1v) is 8.02. The number of nitrogens with one attached hydrogen (secondary N) is 1. The van der Waals surface area contributed by atoms with Gasteiger partial charge in [0.1, 0.15) is 5.75 Å². The minimum atomic E-state index is -0.482. The van der Waals surface area contributed by atoms with E-state index in [0.717, 1.165) is 11.0 Å². The van der Waals surface area contributed by atoms with Gasteiger partial charge in [0.15, 0.2) is 0 Å². The summed E-state index contributed by atoms with van der Waals surface area (Å²) in [7, 11) is 1.57. The molecule has 2 aromatic heterocycles. The number of fused-ring (bicyclic) bond motifs is 1. The molecule has 0 aliphatic heterocycles. The number of hydrogen-bond acceptors (Lipinski definition) is 5. The van der Waals surface area contributed by atoms with Gasteiger partial charge in [-0.2, -0.15) is 9.78 Å². The molecule has 0 spiro atoms. The van der Waals surface area contributed by atoms with E-state index in [1.165, 1.54) is 4.68 Å². The van der Waals surface area contributed by atoms with Crippen molar-refractivity contribution in [2.75, 3.05) is 7.11 Å². The molecule has 7 heteroatoms. The minimum Gasteiger partial charge on any atom is -0.497 e. The van der Waals surface area contributed by atoms with Crippen LogP contribution in [-0.4, -0.2) is 32.8 Å². The molecule has 4 aromatic rings. The highest BCUT2D eigenvalue weighted by molar-refractivity contribution is 5.91. The number of benzene rings is 2. The minimum absolute atomic E-state index is 0.294. The zero-order chi connectivity index (χ0) is 18.1. The molecule has 0 radical (unpaired) electrons. The Bertz CT molecular complexity index is 1050. The Morgan fingerprint density at radius 1 is 1.12 bits per heavy atom. The van der Waals surface area contributed by atoms with Crippen LogP contribution >= 0.6 is 0 Å². The molecule has 0 fully saturated rings. The fourth-order valence-electron chi connectivity index (χ4n) is 2.62. The van der Waals surface area contributed by atoms with Crippen molar-refractivity contribution >= 4 is 17.0 Å². The second-order valence-corrected chi connectivity index (χ2v) is 5.73. The van der Waals surface area contributed by atoms with Crippen molar-refractivity contribution in [3.05, 3.63) is 65.9 Å². The molecule has 0 unspecified atom stereocenters. The summed E-state index contributed by atoms with van der Waals surface area (Å²) in [5, 5.41) is 4.38. The van der Waals surface area contributed by atoms with Crippen LogP contribution < -0.4 is 9.47 Å². The Labute approximate surface area is 149 Å². The fourth-order valence-corrected chi connectivity index (χ4v) is 2.62. The Kier molecular flexibility index (Phi) is 3.89. The Hall–Kier alpha value is -3.61. The predicted molar refractivity (Wildman–Crippen MR) is 95.9 cm³/mol. The van der Waals surface area contributed by atoms with E-state index in [-0.39, 0.29) is 0 Å². The summed E-state index contributed by atoms with van der Waals surface area (Å²) in [5.74, 6) is 0.967. The monoisotopic (exact) mass is 348 g/mol. The highest BCUT2D eigenvalue weighted by atomic mass is 16.5. The molecule has 0 atom stereocenters. The van der Waals surface area contributed by atoms with Crippen LogP contribution in [0.2, 0.25) is 0 Å². The zero-order valence-electron chi connectivity index (χ0n) is 14.3. The number of hydrogen-bond donors (Lipinski definition) is 1. The maximum Gasteiger partial charge on any atom is 0.344 e. The van der Waals surface area contributed by atoms with Crippen LogP contribution in [0.3, 0.4) is 0 Å². The number of carbonyl (C=O) groups is 1. The first-order chi connectivity index (χ1) is 12.6. The lowest BCUT2D eigenvalue weighted by molar-refractivity contribution is 0.0722. The molecule has 0 aliphatic carbocycles. The van der Waals surface area contributed by atoms with Crippen LogP contribution in [0.4, 0.5) is 0 Å². The maximum atomic E-state index is 12.4. The molecule has 130 valence electrons. The molecule has 2 aromatic carbocycles. The second-order valence-electron chi connectivity index (χ2n) is 5.73. The first kappa shape index (κ1) is 15.9. The molecule has 0 saturated heterocycles. The van der Waals surface area contributed by atoms with Crippen molar-refractivity contribution in [3.8, 4) is 17.6 Å². The van der Waals surface area contributed by atoms with Crippen molar-refractivity contribution in [1.82, 2.24) is 19.7 Å². The third-order valence-electron chi connectivity index (χ3n) is 3.90. The van der Waals surface area contributed by atoms with E-state index in [2.05, 4.69) is 15.1 Å².